The van der Waals surface area contributed by atoms with Crippen LogP contribution in [0.25, 0.3) is 75.5 Å². The van der Waals surface area contributed by atoms with Crippen LogP contribution in [-0.2, 0) is 10.8 Å². The Hall–Kier alpha value is -8.50. The Labute approximate surface area is 417 Å². The number of benzene rings is 11. The summed E-state index contributed by atoms with van der Waals surface area (Å²) in [5.41, 5.74) is 19.5. The van der Waals surface area contributed by atoms with Crippen LogP contribution in [0.5, 0.6) is 11.5 Å². The Kier molecular flexibility index (Phi) is 8.53. The highest BCUT2D eigenvalue weighted by atomic mass is 32.1. The van der Waals surface area contributed by atoms with Crippen LogP contribution in [0.15, 0.2) is 237 Å². The first-order chi connectivity index (χ1) is 34.9. The topological polar surface area (TPSA) is 12.5 Å². The maximum absolute atomic E-state index is 7.39. The van der Waals surface area contributed by atoms with E-state index in [1.54, 1.807) is 0 Å². The summed E-state index contributed by atoms with van der Waals surface area (Å²) in [6.07, 6.45) is 0. The number of anilines is 3. The minimum atomic E-state index is -0.677. The summed E-state index contributed by atoms with van der Waals surface area (Å²) in [6, 6.07) is 88.1. The average molecular weight is 924 g/mol. The lowest BCUT2D eigenvalue weighted by Gasteiger charge is -2.41. The molecule has 1 aliphatic heterocycles. The highest BCUT2D eigenvalue weighted by Gasteiger charge is 2.52. The Morgan fingerprint density at radius 1 is 0.366 bits per heavy atom. The van der Waals surface area contributed by atoms with E-state index in [9.17, 15) is 0 Å². The van der Waals surface area contributed by atoms with Crippen LogP contribution in [0.3, 0.4) is 0 Å². The van der Waals surface area contributed by atoms with Gasteiger partial charge in [-0.1, -0.05) is 190 Å². The third-order valence-electron chi connectivity index (χ3n) is 15.9. The first-order valence-corrected chi connectivity index (χ1v) is 25.5. The Balaban J connectivity index is 1.05. The van der Waals surface area contributed by atoms with E-state index in [0.717, 1.165) is 50.8 Å². The summed E-state index contributed by atoms with van der Waals surface area (Å²) < 4.78 is 9.99. The van der Waals surface area contributed by atoms with Gasteiger partial charge < -0.3 is 9.64 Å². The zero-order chi connectivity index (χ0) is 47.0. The van der Waals surface area contributed by atoms with Gasteiger partial charge in [-0.25, -0.2) is 0 Å². The normalized spacial score (nSPS) is 14.1. The molecule has 0 bridgehead atoms. The number of fused-ring (bicyclic) bond motifs is 16. The van der Waals surface area contributed by atoms with E-state index in [-0.39, 0.29) is 5.41 Å². The van der Waals surface area contributed by atoms with Gasteiger partial charge in [0.25, 0.3) is 0 Å². The molecule has 0 radical (unpaired) electrons. The molecule has 15 rings (SSSR count). The van der Waals surface area contributed by atoms with Crippen LogP contribution >= 0.6 is 11.3 Å². The molecule has 1 spiro atoms. The van der Waals surface area contributed by atoms with E-state index < -0.39 is 5.41 Å². The van der Waals surface area contributed by atoms with Crippen molar-refractivity contribution in [3.8, 4) is 56.0 Å². The smallest absolute Gasteiger partial charge is 0.140 e. The van der Waals surface area contributed by atoms with Crippen LogP contribution in [0.1, 0.15) is 47.2 Å². The quantitative estimate of drug-likeness (QED) is 0.171. The van der Waals surface area contributed by atoms with Crippen molar-refractivity contribution in [2.75, 3.05) is 4.90 Å². The van der Waals surface area contributed by atoms with E-state index in [2.05, 4.69) is 255 Å². The van der Waals surface area contributed by atoms with Gasteiger partial charge in [0.05, 0.1) is 5.41 Å². The van der Waals surface area contributed by atoms with Crippen molar-refractivity contribution >= 4 is 59.3 Å². The minimum absolute atomic E-state index is 0.198. The van der Waals surface area contributed by atoms with Gasteiger partial charge in [-0.3, -0.25) is 0 Å². The van der Waals surface area contributed by atoms with Gasteiger partial charge in [-0.15, -0.1) is 11.3 Å². The standard InChI is InChI=1S/C68H45NOS/c1-67(2)56-26-9-5-21-50(56)53-36-35-47(40-60(53)67)69(46-20-15-19-44(38-46)49-25-16-32-64-65(49)54-24-8-14-31-63(54)71-64)48-39-55(45-34-33-42-17-3-4-18-43(42)37-45)66-61(41-48)68(59-29-12-13-30-62(59)70-66)57-27-10-6-22-51(57)52-23-7-11-28-58(52)68/h3-41H,1-2H3. The second-order valence-corrected chi connectivity index (χ2v) is 21.0. The van der Waals surface area contributed by atoms with Crippen molar-refractivity contribution in [3.63, 3.8) is 0 Å². The lowest BCUT2D eigenvalue weighted by Crippen LogP contribution is -2.32. The molecule has 2 heterocycles. The Morgan fingerprint density at radius 3 is 1.77 bits per heavy atom. The highest BCUT2D eigenvalue weighted by molar-refractivity contribution is 7.25. The molecule has 12 aromatic rings. The SMILES string of the molecule is CC1(C)c2ccccc2-c2ccc(N(c3cccc(-c4cccc5sc6ccccc6c45)c3)c3cc(-c4ccc5ccccc5c4)c4c(c3)C3(c5ccccc5O4)c4ccccc4-c4ccccc43)cc21. The van der Waals surface area contributed by atoms with E-state index in [1.807, 2.05) is 11.3 Å². The number of para-hydroxylation sites is 1. The summed E-state index contributed by atoms with van der Waals surface area (Å²) in [6.45, 7) is 4.75. The maximum Gasteiger partial charge on any atom is 0.140 e. The highest BCUT2D eigenvalue weighted by Crippen LogP contribution is 2.64. The van der Waals surface area contributed by atoms with E-state index in [0.29, 0.717) is 0 Å². The largest absolute Gasteiger partial charge is 0.456 e. The van der Waals surface area contributed by atoms with Crippen LogP contribution in [0.2, 0.25) is 0 Å². The number of nitrogens with zero attached hydrogens (tertiary/aromatic N) is 1. The molecule has 0 fully saturated rings. The zero-order valence-electron chi connectivity index (χ0n) is 39.3. The van der Waals surface area contributed by atoms with Gasteiger partial charge in [-0.2, -0.15) is 0 Å². The van der Waals surface area contributed by atoms with Gasteiger partial charge in [0, 0.05) is 59.3 Å². The molecule has 0 amide bonds. The van der Waals surface area contributed by atoms with Crippen molar-refractivity contribution in [2.24, 2.45) is 0 Å². The molecule has 3 aliphatic rings. The monoisotopic (exact) mass is 923 g/mol. The molecule has 0 saturated carbocycles. The number of hydrogen-bond donors (Lipinski definition) is 0. The van der Waals surface area contributed by atoms with Crippen molar-refractivity contribution in [1.29, 1.82) is 0 Å². The number of hydrogen-bond acceptors (Lipinski definition) is 3. The maximum atomic E-state index is 7.39. The van der Waals surface area contributed by atoms with Gasteiger partial charge >= 0.3 is 0 Å². The molecule has 2 aliphatic carbocycles. The van der Waals surface area contributed by atoms with Crippen molar-refractivity contribution < 1.29 is 4.74 Å². The molecule has 0 N–H and O–H groups in total. The second-order valence-electron chi connectivity index (χ2n) is 19.9. The predicted octanol–water partition coefficient (Wildman–Crippen LogP) is 18.8. The fourth-order valence-corrected chi connectivity index (χ4v) is 13.9. The number of ether oxygens (including phenoxy) is 1. The van der Waals surface area contributed by atoms with E-state index in [4.69, 9.17) is 4.74 Å². The van der Waals surface area contributed by atoms with Crippen LogP contribution in [0, 0.1) is 0 Å². The molecule has 11 aromatic carbocycles. The van der Waals surface area contributed by atoms with Crippen LogP contribution in [-0.4, -0.2) is 0 Å². The lowest BCUT2D eigenvalue weighted by atomic mass is 9.65. The summed E-state index contributed by atoms with van der Waals surface area (Å²) in [5, 5.41) is 4.99. The molecule has 0 saturated heterocycles. The first kappa shape index (κ1) is 40.4. The van der Waals surface area contributed by atoms with Crippen molar-refractivity contribution in [1.82, 2.24) is 0 Å². The summed E-state index contributed by atoms with van der Waals surface area (Å²) >= 11 is 1.87. The predicted molar refractivity (Wildman–Crippen MR) is 297 cm³/mol. The third kappa shape index (κ3) is 5.70. The van der Waals surface area contributed by atoms with Gasteiger partial charge in [0.1, 0.15) is 11.5 Å². The minimum Gasteiger partial charge on any atom is -0.456 e. The molecule has 0 unspecified atom stereocenters. The van der Waals surface area contributed by atoms with Gasteiger partial charge in [0.2, 0.25) is 0 Å². The Bertz CT molecular complexity index is 4170. The molecule has 2 nitrogen and oxygen atoms in total. The molecular formula is C68H45NOS. The summed E-state index contributed by atoms with van der Waals surface area (Å²) in [4.78, 5) is 2.51. The average Bonchev–Trinajstić information content (AvgIpc) is 4.03. The second kappa shape index (κ2) is 15.0. The van der Waals surface area contributed by atoms with E-state index >= 15 is 0 Å². The molecule has 0 atom stereocenters. The molecule has 334 valence electrons. The fraction of sp³-hybridized carbons (Fsp3) is 0.0588. The zero-order valence-corrected chi connectivity index (χ0v) is 40.1. The summed E-state index contributed by atoms with van der Waals surface area (Å²) in [5.74, 6) is 1.76. The van der Waals surface area contributed by atoms with Gasteiger partial charge in [-0.05, 0) is 133 Å². The number of thiophene rings is 1. The fourth-order valence-electron chi connectivity index (χ4n) is 12.7. The van der Waals surface area contributed by atoms with E-state index in [1.165, 1.54) is 86.6 Å². The van der Waals surface area contributed by atoms with Crippen LogP contribution in [0.4, 0.5) is 17.1 Å². The Morgan fingerprint density at radius 2 is 0.958 bits per heavy atom. The molecule has 1 aromatic heterocycles. The first-order valence-electron chi connectivity index (χ1n) is 24.6. The lowest BCUT2D eigenvalue weighted by molar-refractivity contribution is 0.438. The van der Waals surface area contributed by atoms with Crippen LogP contribution < -0.4 is 9.64 Å². The van der Waals surface area contributed by atoms with Crippen molar-refractivity contribution in [3.05, 3.63) is 270 Å². The van der Waals surface area contributed by atoms with Gasteiger partial charge in [0.15, 0.2) is 0 Å². The molecule has 3 heteroatoms. The third-order valence-corrected chi connectivity index (χ3v) is 17.0. The molecular weight excluding hydrogens is 879 g/mol. The molecule has 71 heavy (non-hydrogen) atoms. The summed E-state index contributed by atoms with van der Waals surface area (Å²) in [7, 11) is 0. The number of rotatable bonds is 5. The van der Waals surface area contributed by atoms with Crippen molar-refractivity contribution in [2.45, 2.75) is 24.7 Å².